The maximum Gasteiger partial charge on any atom is 0.433 e. The number of hydrogen-bond acceptors (Lipinski definition) is 2. The van der Waals surface area contributed by atoms with Crippen LogP contribution in [0.4, 0.5) is 13.2 Å². The van der Waals surface area contributed by atoms with Gasteiger partial charge in [-0.25, -0.2) is 4.98 Å². The van der Waals surface area contributed by atoms with Crippen LogP contribution in [0.2, 0.25) is 5.02 Å². The lowest BCUT2D eigenvalue weighted by Crippen LogP contribution is -2.26. The lowest BCUT2D eigenvalue weighted by Gasteiger charge is -2.28. The van der Waals surface area contributed by atoms with E-state index in [1.807, 2.05) is 13.8 Å². The average Bonchev–Trinajstić information content (AvgIpc) is 2.46. The van der Waals surface area contributed by atoms with E-state index in [2.05, 4.69) is 9.97 Å². The third-order valence-corrected chi connectivity index (χ3v) is 4.04. The first kappa shape index (κ1) is 17.7. The van der Waals surface area contributed by atoms with E-state index in [1.165, 1.54) is 12.3 Å². The molecule has 0 spiro atoms. The molecule has 0 fully saturated rings. The molecule has 23 heavy (non-hydrogen) atoms. The summed E-state index contributed by atoms with van der Waals surface area (Å²) in [5, 5.41) is 0.439. The van der Waals surface area contributed by atoms with E-state index < -0.39 is 17.3 Å². The van der Waals surface area contributed by atoms with Crippen molar-refractivity contribution in [3.63, 3.8) is 0 Å². The number of alkyl halides is 3. The molecule has 0 bridgehead atoms. The molecule has 0 N–H and O–H groups in total. The molecule has 2 heterocycles. The summed E-state index contributed by atoms with van der Waals surface area (Å²) in [4.78, 5) is 8.05. The number of halogens is 4. The van der Waals surface area contributed by atoms with Gasteiger partial charge in [-0.15, -0.1) is 0 Å². The minimum absolute atomic E-state index is 0.0816. The van der Waals surface area contributed by atoms with E-state index in [0.29, 0.717) is 16.4 Å². The zero-order valence-electron chi connectivity index (χ0n) is 13.4. The van der Waals surface area contributed by atoms with Crippen LogP contribution in [-0.4, -0.2) is 9.97 Å². The molecular weight excluding hydrogens is 325 g/mol. The molecule has 2 aromatic rings. The number of hydrogen-bond donors (Lipinski definition) is 0. The second kappa shape index (κ2) is 6.11. The lowest BCUT2D eigenvalue weighted by atomic mass is 9.79. The van der Waals surface area contributed by atoms with Crippen molar-refractivity contribution >= 4 is 11.6 Å². The maximum absolute atomic E-state index is 13.5. The summed E-state index contributed by atoms with van der Waals surface area (Å²) in [6.07, 6.45) is -3.09. The predicted molar refractivity (Wildman–Crippen MR) is 84.7 cm³/mol. The first-order valence-electron chi connectivity index (χ1n) is 7.24. The predicted octanol–water partition coefficient (Wildman–Crippen LogP) is 5.60. The van der Waals surface area contributed by atoms with Crippen LogP contribution < -0.4 is 0 Å². The van der Waals surface area contributed by atoms with Gasteiger partial charge in [-0.2, -0.15) is 13.2 Å². The molecule has 0 unspecified atom stereocenters. The van der Waals surface area contributed by atoms with Crippen molar-refractivity contribution in [2.45, 2.75) is 45.2 Å². The molecule has 0 amide bonds. The Morgan fingerprint density at radius 3 is 2.17 bits per heavy atom. The molecule has 0 saturated carbocycles. The molecule has 0 atom stereocenters. The fourth-order valence-electron chi connectivity index (χ4n) is 2.40. The highest BCUT2D eigenvalue weighted by atomic mass is 35.5. The number of nitrogens with zero attached hydrogens (tertiary/aromatic N) is 2. The Morgan fingerprint density at radius 2 is 1.70 bits per heavy atom. The highest BCUT2D eigenvalue weighted by molar-refractivity contribution is 6.30. The summed E-state index contributed by atoms with van der Waals surface area (Å²) < 4.78 is 40.5. The van der Waals surface area contributed by atoms with Gasteiger partial charge in [0.05, 0.1) is 10.7 Å². The zero-order valence-corrected chi connectivity index (χ0v) is 14.1. The summed E-state index contributed by atoms with van der Waals surface area (Å²) >= 11 is 5.81. The standard InChI is InChI=1S/C17H18ClF3N2/c1-10(2)13-7-6-12(15(23-13)17(19,20)21)16(3,4)14-8-5-11(18)9-22-14/h5-10H,1-4H3. The van der Waals surface area contributed by atoms with E-state index in [4.69, 9.17) is 11.6 Å². The van der Waals surface area contributed by atoms with E-state index in [1.54, 1.807) is 32.0 Å². The minimum Gasteiger partial charge on any atom is -0.259 e. The first-order valence-corrected chi connectivity index (χ1v) is 7.62. The van der Waals surface area contributed by atoms with Crippen LogP contribution in [0, 0.1) is 0 Å². The van der Waals surface area contributed by atoms with E-state index in [9.17, 15) is 13.2 Å². The van der Waals surface area contributed by atoms with E-state index >= 15 is 0 Å². The summed E-state index contributed by atoms with van der Waals surface area (Å²) in [5.41, 5.74) is -0.778. The third-order valence-electron chi connectivity index (χ3n) is 3.82. The van der Waals surface area contributed by atoms with Gasteiger partial charge in [0.25, 0.3) is 0 Å². The molecule has 0 radical (unpaired) electrons. The van der Waals surface area contributed by atoms with Gasteiger partial charge in [0.1, 0.15) is 5.69 Å². The Kier molecular flexibility index (Phi) is 4.71. The van der Waals surface area contributed by atoms with Crippen LogP contribution in [0.25, 0.3) is 0 Å². The monoisotopic (exact) mass is 342 g/mol. The molecule has 0 aliphatic heterocycles. The van der Waals surface area contributed by atoms with Gasteiger partial charge in [-0.3, -0.25) is 4.98 Å². The van der Waals surface area contributed by atoms with Gasteiger partial charge < -0.3 is 0 Å². The smallest absolute Gasteiger partial charge is 0.259 e. The highest BCUT2D eigenvalue weighted by Crippen LogP contribution is 2.39. The Bertz CT molecular complexity index is 692. The van der Waals surface area contributed by atoms with Gasteiger partial charge in [0.15, 0.2) is 0 Å². The lowest BCUT2D eigenvalue weighted by molar-refractivity contribution is -0.142. The van der Waals surface area contributed by atoms with Crippen molar-refractivity contribution < 1.29 is 13.2 Å². The van der Waals surface area contributed by atoms with Crippen molar-refractivity contribution in [3.8, 4) is 0 Å². The minimum atomic E-state index is -4.52. The molecule has 0 saturated heterocycles. The number of aromatic nitrogens is 2. The molecule has 0 aromatic carbocycles. The van der Waals surface area contributed by atoms with Crippen LogP contribution in [0.15, 0.2) is 30.5 Å². The molecule has 2 nitrogen and oxygen atoms in total. The Labute approximate surface area is 138 Å². The topological polar surface area (TPSA) is 25.8 Å². The summed E-state index contributed by atoms with van der Waals surface area (Å²) in [5.74, 6) is -0.0816. The molecule has 2 rings (SSSR count). The van der Waals surface area contributed by atoms with Crippen LogP contribution in [0.5, 0.6) is 0 Å². The van der Waals surface area contributed by atoms with Crippen LogP contribution >= 0.6 is 11.6 Å². The normalized spacial score (nSPS) is 12.7. The van der Waals surface area contributed by atoms with Crippen molar-refractivity contribution in [3.05, 3.63) is 58.1 Å². The largest absolute Gasteiger partial charge is 0.433 e. The molecule has 124 valence electrons. The fourth-order valence-corrected chi connectivity index (χ4v) is 2.51. The second-order valence-corrected chi connectivity index (χ2v) is 6.71. The van der Waals surface area contributed by atoms with Crippen LogP contribution in [0.1, 0.15) is 56.3 Å². The number of rotatable bonds is 3. The Morgan fingerprint density at radius 1 is 1.04 bits per heavy atom. The highest BCUT2D eigenvalue weighted by Gasteiger charge is 2.41. The average molecular weight is 343 g/mol. The summed E-state index contributed by atoms with van der Waals surface area (Å²) in [6.45, 7) is 7.02. The van der Waals surface area contributed by atoms with E-state index in [0.717, 1.165) is 0 Å². The Balaban J connectivity index is 2.63. The Hall–Kier alpha value is -1.62. The van der Waals surface area contributed by atoms with Crippen LogP contribution in [-0.2, 0) is 11.6 Å². The fraction of sp³-hybridized carbons (Fsp3) is 0.412. The molecule has 0 aliphatic carbocycles. The summed E-state index contributed by atoms with van der Waals surface area (Å²) in [7, 11) is 0. The van der Waals surface area contributed by atoms with Crippen molar-refractivity contribution in [1.82, 2.24) is 9.97 Å². The van der Waals surface area contributed by atoms with Crippen LogP contribution in [0.3, 0.4) is 0 Å². The number of pyridine rings is 2. The maximum atomic E-state index is 13.5. The van der Waals surface area contributed by atoms with E-state index in [-0.39, 0.29) is 11.5 Å². The third kappa shape index (κ3) is 3.66. The van der Waals surface area contributed by atoms with Crippen molar-refractivity contribution in [2.24, 2.45) is 0 Å². The van der Waals surface area contributed by atoms with Crippen molar-refractivity contribution in [2.75, 3.05) is 0 Å². The zero-order chi connectivity index (χ0) is 17.4. The quantitative estimate of drug-likeness (QED) is 0.725. The van der Waals surface area contributed by atoms with Gasteiger partial charge in [0.2, 0.25) is 0 Å². The SMILES string of the molecule is CC(C)c1ccc(C(C)(C)c2ccc(Cl)cn2)c(C(F)(F)F)n1. The molecular formula is C17H18ClF3N2. The summed E-state index contributed by atoms with van der Waals surface area (Å²) in [6, 6.07) is 6.40. The van der Waals surface area contributed by atoms with Gasteiger partial charge in [-0.05, 0) is 29.7 Å². The molecule has 0 aliphatic rings. The van der Waals surface area contributed by atoms with Gasteiger partial charge in [-0.1, -0.05) is 45.4 Å². The van der Waals surface area contributed by atoms with Gasteiger partial charge >= 0.3 is 6.18 Å². The van der Waals surface area contributed by atoms with Gasteiger partial charge in [0, 0.05) is 17.3 Å². The molecule has 2 aromatic heterocycles. The molecule has 6 heteroatoms. The first-order chi connectivity index (χ1) is 10.5. The second-order valence-electron chi connectivity index (χ2n) is 6.27. The van der Waals surface area contributed by atoms with Crippen molar-refractivity contribution in [1.29, 1.82) is 0 Å².